The highest BCUT2D eigenvalue weighted by molar-refractivity contribution is 6.30. The molecule has 1 aliphatic rings. The number of allylic oxidation sites excluding steroid dienone is 1. The average Bonchev–Trinajstić information content (AvgIpc) is 2.73. The van der Waals surface area contributed by atoms with Gasteiger partial charge in [-0.3, -0.25) is 9.59 Å². The van der Waals surface area contributed by atoms with Gasteiger partial charge in [-0.05, 0) is 86.4 Å². The molecule has 0 unspecified atom stereocenters. The van der Waals surface area contributed by atoms with Gasteiger partial charge in [0.2, 0.25) is 0 Å². The fourth-order valence-electron chi connectivity index (χ4n) is 4.56. The minimum Gasteiger partial charge on any atom is -0.466 e. The monoisotopic (exact) mass is 438 g/mol. The first-order valence-electron chi connectivity index (χ1n) is 11.0. The number of hydrogen-bond acceptors (Lipinski definition) is 3. The SMILES string of the molecule is C=C(Cc1cc(C)c(-c2ccc(Cl)cc2)cc1C)CC1(C(=O)OCC)CCC(=O)CC1. The number of halogens is 1. The minimum atomic E-state index is -0.618. The van der Waals surface area contributed by atoms with Gasteiger partial charge in [0.15, 0.2) is 0 Å². The van der Waals surface area contributed by atoms with E-state index in [1.807, 2.05) is 31.2 Å². The molecule has 0 saturated heterocycles. The Morgan fingerprint density at radius 1 is 1.10 bits per heavy atom. The number of hydrogen-bond donors (Lipinski definition) is 0. The Morgan fingerprint density at radius 3 is 2.35 bits per heavy atom. The van der Waals surface area contributed by atoms with Gasteiger partial charge in [0.05, 0.1) is 12.0 Å². The van der Waals surface area contributed by atoms with Gasteiger partial charge >= 0.3 is 5.97 Å². The molecule has 2 aromatic carbocycles. The molecular weight excluding hydrogens is 408 g/mol. The Bertz CT molecular complexity index is 978. The first kappa shape index (κ1) is 23.3. The number of carbonyl (C=O) groups is 2. The molecule has 164 valence electrons. The predicted molar refractivity (Wildman–Crippen MR) is 126 cm³/mol. The summed E-state index contributed by atoms with van der Waals surface area (Å²) in [4.78, 5) is 24.6. The van der Waals surface area contributed by atoms with E-state index < -0.39 is 5.41 Å². The topological polar surface area (TPSA) is 43.4 Å². The molecule has 31 heavy (non-hydrogen) atoms. The number of carbonyl (C=O) groups excluding carboxylic acids is 2. The zero-order valence-electron chi connectivity index (χ0n) is 18.7. The van der Waals surface area contributed by atoms with Gasteiger partial charge in [-0.1, -0.05) is 48.0 Å². The number of esters is 1. The molecule has 0 amide bonds. The molecule has 4 heteroatoms. The van der Waals surface area contributed by atoms with Gasteiger partial charge in [-0.15, -0.1) is 0 Å². The maximum Gasteiger partial charge on any atom is 0.312 e. The third kappa shape index (κ3) is 5.46. The van der Waals surface area contributed by atoms with E-state index in [4.69, 9.17) is 16.3 Å². The quantitative estimate of drug-likeness (QED) is 0.352. The van der Waals surface area contributed by atoms with Crippen LogP contribution < -0.4 is 0 Å². The maximum absolute atomic E-state index is 12.8. The van der Waals surface area contributed by atoms with Gasteiger partial charge in [-0.2, -0.15) is 0 Å². The second-order valence-electron chi connectivity index (χ2n) is 8.74. The zero-order valence-corrected chi connectivity index (χ0v) is 19.5. The number of ketones is 1. The summed E-state index contributed by atoms with van der Waals surface area (Å²) in [5.41, 5.74) is 6.32. The molecule has 0 radical (unpaired) electrons. The van der Waals surface area contributed by atoms with E-state index in [0.717, 1.165) is 16.2 Å². The van der Waals surface area contributed by atoms with Gasteiger partial charge < -0.3 is 4.74 Å². The summed E-state index contributed by atoms with van der Waals surface area (Å²) in [6.07, 6.45) is 3.27. The number of Topliss-reactive ketones (excluding diaryl/α,β-unsaturated/α-hetero) is 1. The molecule has 2 aromatic rings. The molecule has 0 N–H and O–H groups in total. The van der Waals surface area contributed by atoms with Crippen LogP contribution in [0.3, 0.4) is 0 Å². The number of ether oxygens (including phenoxy) is 1. The zero-order chi connectivity index (χ0) is 22.6. The molecule has 3 nitrogen and oxygen atoms in total. The van der Waals surface area contributed by atoms with Crippen LogP contribution in [0.1, 0.15) is 55.7 Å². The number of rotatable bonds is 7. The second kappa shape index (κ2) is 9.82. The third-order valence-electron chi connectivity index (χ3n) is 6.34. The van der Waals surface area contributed by atoms with Crippen LogP contribution in [-0.4, -0.2) is 18.4 Å². The fourth-order valence-corrected chi connectivity index (χ4v) is 4.69. The Morgan fingerprint density at radius 2 is 1.74 bits per heavy atom. The Balaban J connectivity index is 1.79. The lowest BCUT2D eigenvalue weighted by molar-refractivity contribution is -0.158. The van der Waals surface area contributed by atoms with E-state index in [1.165, 1.54) is 22.3 Å². The van der Waals surface area contributed by atoms with Crippen molar-refractivity contribution in [1.82, 2.24) is 0 Å². The average molecular weight is 439 g/mol. The van der Waals surface area contributed by atoms with Gasteiger partial charge in [0.25, 0.3) is 0 Å². The molecule has 1 saturated carbocycles. The molecule has 3 rings (SSSR count). The molecule has 0 bridgehead atoms. The van der Waals surface area contributed by atoms with Crippen LogP contribution in [0.25, 0.3) is 11.1 Å². The highest BCUT2D eigenvalue weighted by atomic mass is 35.5. The van der Waals surface area contributed by atoms with E-state index in [-0.39, 0.29) is 11.8 Å². The van der Waals surface area contributed by atoms with E-state index in [2.05, 4.69) is 32.6 Å². The summed E-state index contributed by atoms with van der Waals surface area (Å²) < 4.78 is 5.39. The Kier molecular flexibility index (Phi) is 7.38. The molecule has 0 heterocycles. The highest BCUT2D eigenvalue weighted by Gasteiger charge is 2.43. The normalized spacial score (nSPS) is 15.5. The van der Waals surface area contributed by atoms with Crippen molar-refractivity contribution in [3.8, 4) is 11.1 Å². The van der Waals surface area contributed by atoms with Gasteiger partial charge in [0, 0.05) is 17.9 Å². The first-order valence-corrected chi connectivity index (χ1v) is 11.3. The summed E-state index contributed by atoms with van der Waals surface area (Å²) in [7, 11) is 0. The van der Waals surface area contributed by atoms with Crippen molar-refractivity contribution < 1.29 is 14.3 Å². The molecule has 0 aliphatic heterocycles. The summed E-state index contributed by atoms with van der Waals surface area (Å²) in [6, 6.07) is 12.3. The van der Waals surface area contributed by atoms with Crippen LogP contribution in [0.4, 0.5) is 0 Å². The minimum absolute atomic E-state index is 0.186. The molecule has 0 atom stereocenters. The summed E-state index contributed by atoms with van der Waals surface area (Å²) in [5, 5.41) is 0.728. The van der Waals surface area contributed by atoms with Crippen molar-refractivity contribution in [1.29, 1.82) is 0 Å². The largest absolute Gasteiger partial charge is 0.466 e. The summed E-state index contributed by atoms with van der Waals surface area (Å²) in [6.45, 7) is 10.7. The highest BCUT2D eigenvalue weighted by Crippen LogP contribution is 2.42. The lowest BCUT2D eigenvalue weighted by Gasteiger charge is -2.35. The van der Waals surface area contributed by atoms with Crippen LogP contribution in [0, 0.1) is 19.3 Å². The molecule has 1 aliphatic carbocycles. The van der Waals surface area contributed by atoms with Crippen LogP contribution in [0.15, 0.2) is 48.6 Å². The molecule has 1 fully saturated rings. The summed E-state index contributed by atoms with van der Waals surface area (Å²) >= 11 is 6.03. The van der Waals surface area contributed by atoms with Crippen molar-refractivity contribution in [2.75, 3.05) is 6.61 Å². The van der Waals surface area contributed by atoms with E-state index in [1.54, 1.807) is 0 Å². The second-order valence-corrected chi connectivity index (χ2v) is 9.18. The standard InChI is InChI=1S/C27H31ClO3/c1-5-31-26(30)27(12-10-24(29)11-13-27)17-18(2)14-22-15-20(4)25(16-19(22)3)21-6-8-23(28)9-7-21/h6-9,15-16H,2,5,10-14,17H2,1,3-4H3. The summed E-state index contributed by atoms with van der Waals surface area (Å²) in [5.74, 6) is 0.0458. The van der Waals surface area contributed by atoms with Crippen molar-refractivity contribution in [3.05, 3.63) is 70.3 Å². The third-order valence-corrected chi connectivity index (χ3v) is 6.59. The van der Waals surface area contributed by atoms with Crippen molar-refractivity contribution in [3.63, 3.8) is 0 Å². The van der Waals surface area contributed by atoms with Crippen molar-refractivity contribution in [2.24, 2.45) is 5.41 Å². The van der Waals surface area contributed by atoms with Gasteiger partial charge in [0.1, 0.15) is 5.78 Å². The van der Waals surface area contributed by atoms with E-state index in [0.29, 0.717) is 45.1 Å². The van der Waals surface area contributed by atoms with E-state index >= 15 is 0 Å². The van der Waals surface area contributed by atoms with E-state index in [9.17, 15) is 9.59 Å². The van der Waals surface area contributed by atoms with Crippen LogP contribution in [0.5, 0.6) is 0 Å². The lowest BCUT2D eigenvalue weighted by Crippen LogP contribution is -2.37. The first-order chi connectivity index (χ1) is 14.7. The predicted octanol–water partition coefficient (Wildman–Crippen LogP) is 6.81. The smallest absolute Gasteiger partial charge is 0.312 e. The number of benzene rings is 2. The van der Waals surface area contributed by atoms with Gasteiger partial charge in [-0.25, -0.2) is 0 Å². The van der Waals surface area contributed by atoms with Crippen LogP contribution >= 0.6 is 11.6 Å². The maximum atomic E-state index is 12.8. The molecule has 0 aromatic heterocycles. The lowest BCUT2D eigenvalue weighted by atomic mass is 9.69. The number of aryl methyl sites for hydroxylation is 2. The molecular formula is C27H31ClO3. The van der Waals surface area contributed by atoms with Crippen LogP contribution in [0.2, 0.25) is 5.02 Å². The Hall–Kier alpha value is -2.39. The fraction of sp³-hybridized carbons (Fsp3) is 0.407. The molecule has 0 spiro atoms. The van der Waals surface area contributed by atoms with Crippen LogP contribution in [-0.2, 0) is 20.7 Å². The van der Waals surface area contributed by atoms with Crippen molar-refractivity contribution in [2.45, 2.75) is 59.3 Å². The van der Waals surface area contributed by atoms with Crippen molar-refractivity contribution >= 4 is 23.4 Å². The Labute approximate surface area is 190 Å².